The summed E-state index contributed by atoms with van der Waals surface area (Å²) in [5.74, 6) is 1.11. The molecule has 88 valence electrons. The zero-order valence-electron chi connectivity index (χ0n) is 10.6. The van der Waals surface area contributed by atoms with Gasteiger partial charge in [0.15, 0.2) is 0 Å². The monoisotopic (exact) mass is 212 g/mol. The van der Waals surface area contributed by atoms with E-state index in [0.717, 1.165) is 6.42 Å². The Balaban J connectivity index is 4.29. The van der Waals surface area contributed by atoms with Gasteiger partial charge in [0.05, 0.1) is 5.60 Å². The number of hydrogen-bond donors (Lipinski definition) is 1. The average molecular weight is 212 g/mol. The van der Waals surface area contributed by atoms with Crippen LogP contribution in [0.4, 0.5) is 0 Å². The van der Waals surface area contributed by atoms with E-state index in [9.17, 15) is 9.90 Å². The third-order valence-corrected chi connectivity index (χ3v) is 2.44. The zero-order chi connectivity index (χ0) is 12.1. The average Bonchev–Trinajstić information content (AvgIpc) is 2.00. The van der Waals surface area contributed by atoms with Crippen molar-refractivity contribution in [2.45, 2.75) is 53.1 Å². The minimum atomic E-state index is -0.761. The van der Waals surface area contributed by atoms with E-state index in [1.165, 1.54) is 0 Å². The largest absolute Gasteiger partial charge is 0.386 e. The molecule has 0 amide bonds. The number of hydrogen-bond acceptors (Lipinski definition) is 2. The Morgan fingerprint density at radius 1 is 1.40 bits per heavy atom. The van der Waals surface area contributed by atoms with Crippen molar-refractivity contribution in [1.82, 2.24) is 0 Å². The van der Waals surface area contributed by atoms with Crippen molar-refractivity contribution in [3.8, 4) is 0 Å². The summed E-state index contributed by atoms with van der Waals surface area (Å²) < 4.78 is 0. The van der Waals surface area contributed by atoms with Gasteiger partial charge >= 0.3 is 0 Å². The van der Waals surface area contributed by atoms with Gasteiger partial charge in [0.1, 0.15) is 5.78 Å². The Morgan fingerprint density at radius 3 is 2.27 bits per heavy atom. The van der Waals surface area contributed by atoms with Crippen LogP contribution in [0.5, 0.6) is 0 Å². The molecule has 0 fully saturated rings. The fraction of sp³-hybridized carbons (Fsp3) is 0.769. The summed E-state index contributed by atoms with van der Waals surface area (Å²) in [7, 11) is 0. The summed E-state index contributed by atoms with van der Waals surface area (Å²) >= 11 is 0. The molecule has 0 spiro atoms. The molecule has 0 unspecified atom stereocenters. The first kappa shape index (κ1) is 14.4. The van der Waals surface area contributed by atoms with Crippen molar-refractivity contribution < 1.29 is 9.90 Å². The Labute approximate surface area is 93.4 Å². The highest BCUT2D eigenvalue weighted by molar-refractivity contribution is 5.75. The maximum Gasteiger partial charge on any atom is 0.129 e. The smallest absolute Gasteiger partial charge is 0.129 e. The molecule has 0 aromatic rings. The van der Waals surface area contributed by atoms with Crippen LogP contribution in [-0.4, -0.2) is 16.5 Å². The Hall–Kier alpha value is -0.630. The number of aliphatic hydroxyl groups is 1. The molecule has 0 aliphatic heterocycles. The molecule has 0 saturated carbocycles. The third-order valence-electron chi connectivity index (χ3n) is 2.44. The van der Waals surface area contributed by atoms with Gasteiger partial charge in [-0.05, 0) is 39.0 Å². The van der Waals surface area contributed by atoms with Crippen LogP contribution >= 0.6 is 0 Å². The summed E-state index contributed by atoms with van der Waals surface area (Å²) in [5, 5.41) is 9.57. The number of rotatable bonds is 6. The van der Waals surface area contributed by atoms with E-state index in [2.05, 4.69) is 13.8 Å². The van der Waals surface area contributed by atoms with Gasteiger partial charge in [-0.25, -0.2) is 0 Å². The highest BCUT2D eigenvalue weighted by Gasteiger charge is 2.13. The highest BCUT2D eigenvalue weighted by atomic mass is 16.3. The van der Waals surface area contributed by atoms with Gasteiger partial charge in [-0.15, -0.1) is 0 Å². The second kappa shape index (κ2) is 6.06. The van der Waals surface area contributed by atoms with Gasteiger partial charge in [-0.1, -0.05) is 26.0 Å². The number of allylic oxidation sites excluding steroid dienone is 1. The number of carbonyl (C=O) groups excluding carboxylic acids is 1. The first-order valence-corrected chi connectivity index (χ1v) is 5.63. The lowest BCUT2D eigenvalue weighted by Crippen LogP contribution is -2.16. The SMILES string of the molecule is CC(=O)CC[C@H](/C=C/C(C)(C)O)C(C)C. The number of Topliss-reactive ketones (excluding diaryl/α,β-unsaturated/α-hetero) is 1. The molecule has 0 rings (SSSR count). The van der Waals surface area contributed by atoms with E-state index in [1.54, 1.807) is 20.8 Å². The van der Waals surface area contributed by atoms with Crippen molar-refractivity contribution >= 4 is 5.78 Å². The molecule has 1 atom stereocenters. The minimum absolute atomic E-state index is 0.234. The van der Waals surface area contributed by atoms with Crippen LogP contribution in [0.25, 0.3) is 0 Å². The highest BCUT2D eigenvalue weighted by Crippen LogP contribution is 2.20. The first-order chi connectivity index (χ1) is 6.72. The van der Waals surface area contributed by atoms with Crippen LogP contribution in [0.1, 0.15) is 47.5 Å². The second-order valence-corrected chi connectivity index (χ2v) is 5.16. The molecule has 2 nitrogen and oxygen atoms in total. The van der Waals surface area contributed by atoms with Crippen LogP contribution in [0, 0.1) is 11.8 Å². The molecule has 0 aromatic carbocycles. The summed E-state index contributed by atoms with van der Waals surface area (Å²) in [6.07, 6.45) is 5.35. The Bertz CT molecular complexity index is 221. The number of ketones is 1. The topological polar surface area (TPSA) is 37.3 Å². The molecule has 2 heteroatoms. The van der Waals surface area contributed by atoms with Gasteiger partial charge < -0.3 is 9.90 Å². The van der Waals surface area contributed by atoms with Crippen molar-refractivity contribution in [1.29, 1.82) is 0 Å². The molecule has 15 heavy (non-hydrogen) atoms. The summed E-state index contributed by atoms with van der Waals surface area (Å²) in [5.41, 5.74) is -0.761. The molecule has 0 radical (unpaired) electrons. The Morgan fingerprint density at radius 2 is 1.93 bits per heavy atom. The van der Waals surface area contributed by atoms with E-state index in [1.807, 2.05) is 12.2 Å². The fourth-order valence-electron chi connectivity index (χ4n) is 1.38. The van der Waals surface area contributed by atoms with Crippen molar-refractivity contribution in [2.75, 3.05) is 0 Å². The normalized spacial score (nSPS) is 14.9. The lowest BCUT2D eigenvalue weighted by Gasteiger charge is -2.18. The van der Waals surface area contributed by atoms with Crippen LogP contribution in [0.3, 0.4) is 0 Å². The van der Waals surface area contributed by atoms with E-state index in [4.69, 9.17) is 0 Å². The predicted octanol–water partition coefficient (Wildman–Crippen LogP) is 2.95. The molecular weight excluding hydrogens is 188 g/mol. The van der Waals surface area contributed by atoms with Crippen LogP contribution in [-0.2, 0) is 4.79 Å². The summed E-state index contributed by atoms with van der Waals surface area (Å²) in [6, 6.07) is 0. The van der Waals surface area contributed by atoms with Crippen LogP contribution < -0.4 is 0 Å². The van der Waals surface area contributed by atoms with Gasteiger partial charge in [0.2, 0.25) is 0 Å². The van der Waals surface area contributed by atoms with E-state index in [-0.39, 0.29) is 5.78 Å². The van der Waals surface area contributed by atoms with E-state index in [0.29, 0.717) is 18.3 Å². The standard InChI is InChI=1S/C13H24O2/c1-10(2)12(7-6-11(3)14)8-9-13(4,5)15/h8-10,12,15H,6-7H2,1-5H3/b9-8+/t12-/m1/s1. The third kappa shape index (κ3) is 8.37. The van der Waals surface area contributed by atoms with Gasteiger partial charge in [0, 0.05) is 6.42 Å². The fourth-order valence-corrected chi connectivity index (χ4v) is 1.38. The van der Waals surface area contributed by atoms with Gasteiger partial charge in [-0.2, -0.15) is 0 Å². The minimum Gasteiger partial charge on any atom is -0.386 e. The molecule has 1 N–H and O–H groups in total. The van der Waals surface area contributed by atoms with E-state index >= 15 is 0 Å². The zero-order valence-corrected chi connectivity index (χ0v) is 10.6. The van der Waals surface area contributed by atoms with Crippen molar-refractivity contribution in [3.05, 3.63) is 12.2 Å². The van der Waals surface area contributed by atoms with Crippen molar-refractivity contribution in [2.24, 2.45) is 11.8 Å². The Kier molecular flexibility index (Phi) is 5.81. The first-order valence-electron chi connectivity index (χ1n) is 5.63. The second-order valence-electron chi connectivity index (χ2n) is 5.16. The van der Waals surface area contributed by atoms with Crippen LogP contribution in [0.15, 0.2) is 12.2 Å². The molecular formula is C13H24O2. The molecule has 0 aliphatic carbocycles. The lowest BCUT2D eigenvalue weighted by molar-refractivity contribution is -0.117. The molecule has 0 bridgehead atoms. The van der Waals surface area contributed by atoms with Crippen LogP contribution in [0.2, 0.25) is 0 Å². The summed E-state index contributed by atoms with van der Waals surface area (Å²) in [4.78, 5) is 10.9. The maximum absolute atomic E-state index is 10.9. The molecule has 0 heterocycles. The van der Waals surface area contributed by atoms with Crippen molar-refractivity contribution in [3.63, 3.8) is 0 Å². The van der Waals surface area contributed by atoms with E-state index < -0.39 is 5.60 Å². The van der Waals surface area contributed by atoms with Gasteiger partial charge in [0.25, 0.3) is 0 Å². The molecule has 0 aliphatic rings. The maximum atomic E-state index is 10.9. The number of carbonyl (C=O) groups is 1. The summed E-state index contributed by atoms with van der Waals surface area (Å²) in [6.45, 7) is 9.41. The van der Waals surface area contributed by atoms with Gasteiger partial charge in [-0.3, -0.25) is 0 Å². The molecule has 0 saturated heterocycles. The lowest BCUT2D eigenvalue weighted by atomic mass is 9.89. The molecule has 0 aromatic heterocycles. The predicted molar refractivity (Wildman–Crippen MR) is 63.7 cm³/mol. The quantitative estimate of drug-likeness (QED) is 0.687.